The fourth-order valence-corrected chi connectivity index (χ4v) is 3.51. The first-order valence-corrected chi connectivity index (χ1v) is 12.5. The van der Waals surface area contributed by atoms with Crippen LogP contribution in [0.2, 0.25) is 0 Å². The number of hydrogen-bond donors (Lipinski definition) is 0. The molecule has 0 heterocycles. The Morgan fingerprint density at radius 2 is 1.00 bits per heavy atom. The van der Waals surface area contributed by atoms with Gasteiger partial charge in [-0.2, -0.15) is 0 Å². The molecule has 0 radical (unpaired) electrons. The summed E-state index contributed by atoms with van der Waals surface area (Å²) in [7, 11) is 0. The van der Waals surface area contributed by atoms with Crippen LogP contribution in [0.4, 0.5) is 0 Å². The second kappa shape index (κ2) is 18.7. The van der Waals surface area contributed by atoms with Gasteiger partial charge in [0.05, 0.1) is 13.2 Å². The number of hydrogen-bond acceptors (Lipinski definition) is 4. The Kier molecular flexibility index (Phi) is 18.0. The Bertz CT molecular complexity index is 429. The van der Waals surface area contributed by atoms with Gasteiger partial charge < -0.3 is 9.47 Å². The van der Waals surface area contributed by atoms with E-state index in [1.54, 1.807) is 0 Å². The van der Waals surface area contributed by atoms with Crippen LogP contribution in [0.15, 0.2) is 0 Å². The van der Waals surface area contributed by atoms with E-state index in [1.807, 2.05) is 0 Å². The van der Waals surface area contributed by atoms with Crippen molar-refractivity contribution in [2.75, 3.05) is 13.2 Å². The predicted molar refractivity (Wildman–Crippen MR) is 125 cm³/mol. The van der Waals surface area contributed by atoms with Crippen molar-refractivity contribution in [1.82, 2.24) is 0 Å². The zero-order chi connectivity index (χ0) is 22.8. The van der Waals surface area contributed by atoms with Crippen molar-refractivity contribution in [1.29, 1.82) is 0 Å². The molecule has 0 fully saturated rings. The van der Waals surface area contributed by atoms with Crippen molar-refractivity contribution in [2.24, 2.45) is 23.7 Å². The first kappa shape index (κ1) is 28.9. The maximum Gasteiger partial charge on any atom is 0.305 e. The largest absolute Gasteiger partial charge is 0.465 e. The molecule has 4 heteroatoms. The lowest BCUT2D eigenvalue weighted by atomic mass is 9.86. The van der Waals surface area contributed by atoms with Crippen LogP contribution >= 0.6 is 0 Å². The first-order chi connectivity index (χ1) is 14.2. The van der Waals surface area contributed by atoms with Crippen LogP contribution in [0.5, 0.6) is 0 Å². The van der Waals surface area contributed by atoms with E-state index in [2.05, 4.69) is 41.5 Å². The van der Waals surface area contributed by atoms with E-state index in [4.69, 9.17) is 9.47 Å². The summed E-state index contributed by atoms with van der Waals surface area (Å²) in [5.74, 6) is 1.97. The Labute approximate surface area is 186 Å². The average Bonchev–Trinajstić information content (AvgIpc) is 2.67. The lowest BCUT2D eigenvalue weighted by Crippen LogP contribution is -2.14. The van der Waals surface area contributed by atoms with E-state index in [0.717, 1.165) is 19.3 Å². The van der Waals surface area contributed by atoms with E-state index in [9.17, 15) is 9.59 Å². The van der Waals surface area contributed by atoms with Crippen LogP contribution < -0.4 is 0 Å². The Morgan fingerprint density at radius 3 is 1.47 bits per heavy atom. The zero-order valence-corrected chi connectivity index (χ0v) is 20.8. The van der Waals surface area contributed by atoms with Gasteiger partial charge in [0.15, 0.2) is 0 Å². The smallest absolute Gasteiger partial charge is 0.305 e. The summed E-state index contributed by atoms with van der Waals surface area (Å²) in [5, 5.41) is 0. The molecule has 178 valence electrons. The van der Waals surface area contributed by atoms with Crippen molar-refractivity contribution in [3.8, 4) is 0 Å². The second-order valence-corrected chi connectivity index (χ2v) is 10.1. The molecule has 4 nitrogen and oxygen atoms in total. The molecule has 0 saturated heterocycles. The van der Waals surface area contributed by atoms with Gasteiger partial charge in [0.2, 0.25) is 0 Å². The standard InChI is InChI=1S/C26H50O4/c1-21(2)19-29-25(27)16-14-12-10-8-7-9-11-13-15-24(23(5)6)17-18-26(28)30-20-22(3)4/h21-24H,7-20H2,1-6H3. The fourth-order valence-electron chi connectivity index (χ4n) is 3.51. The summed E-state index contributed by atoms with van der Waals surface area (Å²) < 4.78 is 10.5. The SMILES string of the molecule is CC(C)COC(=O)CCCCCCCCCCC(CCC(=O)OCC(C)C)C(C)C. The molecule has 0 aliphatic heterocycles. The molecule has 0 saturated carbocycles. The number of esters is 2. The number of ether oxygens (including phenoxy) is 2. The van der Waals surface area contributed by atoms with Crippen molar-refractivity contribution >= 4 is 11.9 Å². The summed E-state index contributed by atoms with van der Waals surface area (Å²) in [5.41, 5.74) is 0. The van der Waals surface area contributed by atoms with Gasteiger partial charge in [0, 0.05) is 12.8 Å². The van der Waals surface area contributed by atoms with E-state index < -0.39 is 0 Å². The summed E-state index contributed by atoms with van der Waals surface area (Å²) in [6, 6.07) is 0. The number of carbonyl (C=O) groups is 2. The molecule has 0 aromatic carbocycles. The maximum absolute atomic E-state index is 11.8. The number of rotatable bonds is 19. The van der Waals surface area contributed by atoms with E-state index in [1.165, 1.54) is 44.9 Å². The van der Waals surface area contributed by atoms with Crippen molar-refractivity contribution in [2.45, 2.75) is 119 Å². The molecule has 0 aliphatic carbocycles. The van der Waals surface area contributed by atoms with E-state index >= 15 is 0 Å². The third kappa shape index (κ3) is 18.9. The molecule has 0 rings (SSSR count). The van der Waals surface area contributed by atoms with Crippen LogP contribution in [0.3, 0.4) is 0 Å². The highest BCUT2D eigenvalue weighted by Gasteiger charge is 2.15. The first-order valence-electron chi connectivity index (χ1n) is 12.5. The Morgan fingerprint density at radius 1 is 0.567 bits per heavy atom. The summed E-state index contributed by atoms with van der Waals surface area (Å²) in [6.07, 6.45) is 12.9. The third-order valence-electron chi connectivity index (χ3n) is 5.52. The van der Waals surface area contributed by atoms with Gasteiger partial charge in [-0.1, -0.05) is 92.9 Å². The minimum Gasteiger partial charge on any atom is -0.465 e. The number of carbonyl (C=O) groups excluding carboxylic acids is 2. The molecule has 0 amide bonds. The van der Waals surface area contributed by atoms with Gasteiger partial charge in [0.25, 0.3) is 0 Å². The topological polar surface area (TPSA) is 52.6 Å². The highest BCUT2D eigenvalue weighted by Crippen LogP contribution is 2.24. The second-order valence-electron chi connectivity index (χ2n) is 10.1. The predicted octanol–water partition coefficient (Wildman–Crippen LogP) is 7.34. The Balaban J connectivity index is 3.63. The summed E-state index contributed by atoms with van der Waals surface area (Å²) in [4.78, 5) is 23.4. The zero-order valence-electron chi connectivity index (χ0n) is 20.8. The molecular weight excluding hydrogens is 376 g/mol. The van der Waals surface area contributed by atoms with Crippen LogP contribution in [0, 0.1) is 23.7 Å². The average molecular weight is 427 g/mol. The van der Waals surface area contributed by atoms with Gasteiger partial charge in [-0.25, -0.2) is 0 Å². The fraction of sp³-hybridized carbons (Fsp3) is 0.923. The van der Waals surface area contributed by atoms with E-state index in [0.29, 0.717) is 49.7 Å². The molecule has 0 aromatic rings. The molecular formula is C26H50O4. The minimum absolute atomic E-state index is 0.0393. The van der Waals surface area contributed by atoms with Gasteiger partial charge in [0.1, 0.15) is 0 Å². The highest BCUT2D eigenvalue weighted by molar-refractivity contribution is 5.69. The number of unbranched alkanes of at least 4 members (excludes halogenated alkanes) is 7. The quantitative estimate of drug-likeness (QED) is 0.160. The van der Waals surface area contributed by atoms with Gasteiger partial charge >= 0.3 is 11.9 Å². The van der Waals surface area contributed by atoms with Gasteiger partial charge in [-0.15, -0.1) is 0 Å². The minimum atomic E-state index is -0.0448. The van der Waals surface area contributed by atoms with Crippen molar-refractivity contribution in [3.63, 3.8) is 0 Å². The molecule has 0 aliphatic rings. The van der Waals surface area contributed by atoms with Crippen LogP contribution in [0.1, 0.15) is 119 Å². The maximum atomic E-state index is 11.8. The third-order valence-corrected chi connectivity index (χ3v) is 5.52. The lowest BCUT2D eigenvalue weighted by molar-refractivity contribution is -0.145. The monoisotopic (exact) mass is 426 g/mol. The summed E-state index contributed by atoms with van der Waals surface area (Å²) in [6.45, 7) is 13.9. The van der Waals surface area contributed by atoms with Crippen molar-refractivity contribution in [3.05, 3.63) is 0 Å². The van der Waals surface area contributed by atoms with Crippen LogP contribution in [-0.2, 0) is 19.1 Å². The normalized spacial score (nSPS) is 12.6. The van der Waals surface area contributed by atoms with Crippen LogP contribution in [0.25, 0.3) is 0 Å². The van der Waals surface area contributed by atoms with Gasteiger partial charge in [-0.3, -0.25) is 9.59 Å². The molecule has 0 spiro atoms. The van der Waals surface area contributed by atoms with E-state index in [-0.39, 0.29) is 11.9 Å². The molecule has 1 atom stereocenters. The van der Waals surface area contributed by atoms with Crippen molar-refractivity contribution < 1.29 is 19.1 Å². The molecule has 0 N–H and O–H groups in total. The molecule has 0 aromatic heterocycles. The highest BCUT2D eigenvalue weighted by atomic mass is 16.5. The van der Waals surface area contributed by atoms with Gasteiger partial charge in [-0.05, 0) is 36.5 Å². The Hall–Kier alpha value is -1.06. The summed E-state index contributed by atoms with van der Waals surface area (Å²) >= 11 is 0. The molecule has 1 unspecified atom stereocenters. The molecule has 0 bridgehead atoms. The lowest BCUT2D eigenvalue weighted by Gasteiger charge is -2.20. The molecule has 30 heavy (non-hydrogen) atoms. The van der Waals surface area contributed by atoms with Crippen LogP contribution in [-0.4, -0.2) is 25.2 Å².